The van der Waals surface area contributed by atoms with Gasteiger partial charge in [-0.2, -0.15) is 0 Å². The summed E-state index contributed by atoms with van der Waals surface area (Å²) in [5.41, 5.74) is 1.24. The summed E-state index contributed by atoms with van der Waals surface area (Å²) in [5.74, 6) is 4.38. The molecule has 0 saturated heterocycles. The molecule has 5 rings (SSSR count). The summed E-state index contributed by atoms with van der Waals surface area (Å²) >= 11 is 0. The molecular formula is C28H39FO. The Bertz CT molecular complexity index is 817. The predicted molar refractivity (Wildman–Crippen MR) is 119 cm³/mol. The van der Waals surface area contributed by atoms with Crippen molar-refractivity contribution in [3.8, 4) is 0 Å². The Kier molecular flexibility index (Phi) is 5.14. The Labute approximate surface area is 182 Å². The highest BCUT2D eigenvalue weighted by Gasteiger charge is 2.60. The molecule has 0 amide bonds. The van der Waals surface area contributed by atoms with Crippen molar-refractivity contribution in [3.63, 3.8) is 0 Å². The first-order valence-electron chi connectivity index (χ1n) is 12.6. The van der Waals surface area contributed by atoms with E-state index in [1.165, 1.54) is 57.4 Å². The highest BCUT2D eigenvalue weighted by molar-refractivity contribution is 5.84. The third-order valence-electron chi connectivity index (χ3n) is 10.6. The number of rotatable bonds is 3. The molecule has 0 N–H and O–H groups in total. The second-order valence-corrected chi connectivity index (χ2v) is 11.9. The molecule has 0 aromatic heterocycles. The molecule has 0 radical (unpaired) electrons. The van der Waals surface area contributed by atoms with Gasteiger partial charge in [-0.1, -0.05) is 45.4 Å². The van der Waals surface area contributed by atoms with Crippen LogP contribution >= 0.6 is 0 Å². The normalized spacial score (nSPS) is 45.3. The van der Waals surface area contributed by atoms with Crippen molar-refractivity contribution in [2.24, 2.45) is 46.3 Å². The van der Waals surface area contributed by atoms with Crippen molar-refractivity contribution in [2.75, 3.05) is 0 Å². The fourth-order valence-corrected chi connectivity index (χ4v) is 8.95. The summed E-state index contributed by atoms with van der Waals surface area (Å²) in [6, 6.07) is 6.82. The Morgan fingerprint density at radius 2 is 1.70 bits per heavy atom. The van der Waals surface area contributed by atoms with E-state index in [4.69, 9.17) is 0 Å². The third kappa shape index (κ3) is 3.11. The molecular weight excluding hydrogens is 371 g/mol. The quantitative estimate of drug-likeness (QED) is 0.513. The molecule has 8 atom stereocenters. The van der Waals surface area contributed by atoms with E-state index in [9.17, 15) is 9.18 Å². The second kappa shape index (κ2) is 7.45. The molecule has 1 aromatic carbocycles. The van der Waals surface area contributed by atoms with E-state index in [0.717, 1.165) is 30.1 Å². The minimum atomic E-state index is -0.230. The van der Waals surface area contributed by atoms with Gasteiger partial charge in [-0.3, -0.25) is 4.79 Å². The molecule has 8 unspecified atom stereocenters. The van der Waals surface area contributed by atoms with E-state index in [2.05, 4.69) is 20.8 Å². The van der Waals surface area contributed by atoms with Crippen molar-refractivity contribution in [1.29, 1.82) is 0 Å². The Balaban J connectivity index is 1.35. The van der Waals surface area contributed by atoms with Gasteiger partial charge in [0.05, 0.1) is 0 Å². The van der Waals surface area contributed by atoms with Crippen molar-refractivity contribution in [2.45, 2.75) is 85.0 Å². The number of hydrogen-bond donors (Lipinski definition) is 0. The maximum Gasteiger partial charge on any atom is 0.140 e. The van der Waals surface area contributed by atoms with Crippen LogP contribution < -0.4 is 0 Å². The summed E-state index contributed by atoms with van der Waals surface area (Å²) in [4.78, 5) is 13.3. The number of hydrogen-bond acceptors (Lipinski definition) is 1. The van der Waals surface area contributed by atoms with E-state index >= 15 is 0 Å². The minimum Gasteiger partial charge on any atom is -0.299 e. The predicted octanol–water partition coefficient (Wildman–Crippen LogP) is 7.23. The van der Waals surface area contributed by atoms with Crippen LogP contribution in [0.3, 0.4) is 0 Å². The van der Waals surface area contributed by atoms with Crippen LogP contribution in [-0.2, 0) is 11.2 Å². The van der Waals surface area contributed by atoms with E-state index in [1.807, 2.05) is 6.07 Å². The molecule has 1 aromatic rings. The van der Waals surface area contributed by atoms with Crippen molar-refractivity contribution in [1.82, 2.24) is 0 Å². The van der Waals surface area contributed by atoms with Gasteiger partial charge in [0.15, 0.2) is 0 Å². The number of ketones is 1. The average molecular weight is 411 g/mol. The van der Waals surface area contributed by atoms with E-state index in [0.29, 0.717) is 16.9 Å². The lowest BCUT2D eigenvalue weighted by Gasteiger charge is -2.61. The van der Waals surface area contributed by atoms with Crippen LogP contribution in [0.4, 0.5) is 4.39 Å². The number of carbonyl (C=O) groups is 1. The van der Waals surface area contributed by atoms with E-state index < -0.39 is 0 Å². The number of Topliss-reactive ketones (excluding diaryl/α,β-unsaturated/α-hetero) is 1. The SMILES string of the molecule is CC1CCC2(C)C(CCC3C2CCC2(C)C(C(=O)Cc4ccccc4F)CCC32)C1. The first kappa shape index (κ1) is 20.7. The zero-order valence-electron chi connectivity index (χ0n) is 19.1. The van der Waals surface area contributed by atoms with Crippen LogP contribution in [-0.4, -0.2) is 5.78 Å². The van der Waals surface area contributed by atoms with Crippen LogP contribution in [0.5, 0.6) is 0 Å². The van der Waals surface area contributed by atoms with Crippen LogP contribution in [0.2, 0.25) is 0 Å². The highest BCUT2D eigenvalue weighted by Crippen LogP contribution is 2.67. The zero-order chi connectivity index (χ0) is 21.1. The van der Waals surface area contributed by atoms with Gasteiger partial charge in [0, 0.05) is 12.3 Å². The Hall–Kier alpha value is -1.18. The third-order valence-corrected chi connectivity index (χ3v) is 10.6. The summed E-state index contributed by atoms with van der Waals surface area (Å²) in [5, 5.41) is 0. The fourth-order valence-electron chi connectivity index (χ4n) is 8.95. The largest absolute Gasteiger partial charge is 0.299 e. The molecule has 0 bridgehead atoms. The standard InChI is InChI=1S/C28H39FO/c1-18-12-14-27(2)20(16-18)8-9-21-22-10-11-24(28(22,3)15-13-23(21)27)26(30)17-19-6-4-5-7-25(19)29/h4-7,18,20-24H,8-17H2,1-3H3. The summed E-state index contributed by atoms with van der Waals surface area (Å²) < 4.78 is 14.2. The fraction of sp³-hybridized carbons (Fsp3) is 0.750. The molecule has 0 aliphatic heterocycles. The molecule has 0 heterocycles. The molecule has 4 saturated carbocycles. The highest BCUT2D eigenvalue weighted by atomic mass is 19.1. The van der Waals surface area contributed by atoms with E-state index in [1.54, 1.807) is 12.1 Å². The number of carbonyl (C=O) groups excluding carboxylic acids is 1. The molecule has 30 heavy (non-hydrogen) atoms. The average Bonchev–Trinajstić information content (AvgIpc) is 3.07. The lowest BCUT2D eigenvalue weighted by atomic mass is 9.44. The summed E-state index contributed by atoms with van der Waals surface area (Å²) in [6.07, 6.45) is 12.1. The maximum atomic E-state index is 14.2. The van der Waals surface area contributed by atoms with Crippen LogP contribution in [0.15, 0.2) is 24.3 Å². The molecule has 4 fully saturated rings. The van der Waals surface area contributed by atoms with Gasteiger partial charge in [-0.05, 0) is 103 Å². The molecule has 2 heteroatoms. The zero-order valence-corrected chi connectivity index (χ0v) is 19.1. The van der Waals surface area contributed by atoms with Crippen LogP contribution in [0.25, 0.3) is 0 Å². The topological polar surface area (TPSA) is 17.1 Å². The first-order valence-corrected chi connectivity index (χ1v) is 12.6. The van der Waals surface area contributed by atoms with E-state index in [-0.39, 0.29) is 29.4 Å². The number of halogens is 1. The van der Waals surface area contributed by atoms with Gasteiger partial charge in [0.1, 0.15) is 11.6 Å². The molecule has 4 aliphatic rings. The maximum absolute atomic E-state index is 14.2. The smallest absolute Gasteiger partial charge is 0.140 e. The number of benzene rings is 1. The molecule has 164 valence electrons. The van der Waals surface area contributed by atoms with Gasteiger partial charge in [-0.15, -0.1) is 0 Å². The van der Waals surface area contributed by atoms with Crippen molar-refractivity contribution in [3.05, 3.63) is 35.6 Å². The first-order chi connectivity index (χ1) is 14.3. The van der Waals surface area contributed by atoms with Gasteiger partial charge in [0.2, 0.25) is 0 Å². The molecule has 0 spiro atoms. The lowest BCUT2D eigenvalue weighted by Crippen LogP contribution is -2.53. The number of fused-ring (bicyclic) bond motifs is 5. The van der Waals surface area contributed by atoms with Gasteiger partial charge in [-0.25, -0.2) is 4.39 Å². The monoisotopic (exact) mass is 410 g/mol. The van der Waals surface area contributed by atoms with Crippen LogP contribution in [0.1, 0.15) is 84.1 Å². The summed E-state index contributed by atoms with van der Waals surface area (Å²) in [7, 11) is 0. The van der Waals surface area contributed by atoms with Crippen molar-refractivity contribution < 1.29 is 9.18 Å². The van der Waals surface area contributed by atoms with Crippen molar-refractivity contribution >= 4 is 5.78 Å². The molecule has 4 aliphatic carbocycles. The van der Waals surface area contributed by atoms with Gasteiger partial charge >= 0.3 is 0 Å². The summed E-state index contributed by atoms with van der Waals surface area (Å²) in [6.45, 7) is 7.49. The minimum absolute atomic E-state index is 0.125. The Morgan fingerprint density at radius 3 is 2.50 bits per heavy atom. The van der Waals surface area contributed by atoms with Gasteiger partial charge in [0.25, 0.3) is 0 Å². The Morgan fingerprint density at radius 1 is 0.967 bits per heavy atom. The lowest BCUT2D eigenvalue weighted by molar-refractivity contribution is -0.136. The molecule has 1 nitrogen and oxygen atoms in total. The van der Waals surface area contributed by atoms with Crippen LogP contribution in [0, 0.1) is 52.2 Å². The second-order valence-electron chi connectivity index (χ2n) is 11.9. The van der Waals surface area contributed by atoms with Gasteiger partial charge < -0.3 is 0 Å².